The van der Waals surface area contributed by atoms with E-state index in [1.807, 2.05) is 0 Å². The molecular formula is C4H11NS. The lowest BCUT2D eigenvalue weighted by molar-refractivity contribution is 0.955. The quantitative estimate of drug-likeness (QED) is 0.559. The summed E-state index contributed by atoms with van der Waals surface area (Å²) in [5.41, 5.74) is 5.26. The first kappa shape index (κ1) is 6.31. The fraction of sp³-hybridized carbons (Fsp3) is 1.00. The summed E-state index contributed by atoms with van der Waals surface area (Å²) < 4.78 is 0. The zero-order valence-corrected chi connectivity index (χ0v) is 5.09. The molecule has 0 saturated heterocycles. The molecular weight excluding hydrogens is 94.1 g/mol. The Morgan fingerprint density at radius 2 is 2.33 bits per heavy atom. The standard InChI is InChI=1S/C4H11NS/c1-4(3-5)6-2/h4H,3,5H2,1-2H3. The van der Waals surface area contributed by atoms with Crippen molar-refractivity contribution >= 4 is 11.8 Å². The SMILES string of the molecule is CSC(C)CN. The molecule has 0 radical (unpaired) electrons. The van der Waals surface area contributed by atoms with Crippen LogP contribution in [0.3, 0.4) is 0 Å². The first-order valence-corrected chi connectivity index (χ1v) is 3.33. The third-order valence-corrected chi connectivity index (χ3v) is 1.73. The van der Waals surface area contributed by atoms with Crippen LogP contribution in [0.1, 0.15) is 6.92 Å². The Labute approximate surface area is 43.3 Å². The molecule has 6 heavy (non-hydrogen) atoms. The van der Waals surface area contributed by atoms with Crippen LogP contribution in [0.25, 0.3) is 0 Å². The first-order valence-electron chi connectivity index (χ1n) is 2.04. The fourth-order valence-electron chi connectivity index (χ4n) is 0.0962. The number of thioether (sulfide) groups is 1. The molecule has 0 spiro atoms. The van der Waals surface area contributed by atoms with Crippen LogP contribution >= 0.6 is 11.8 Å². The van der Waals surface area contributed by atoms with Gasteiger partial charge in [0.2, 0.25) is 0 Å². The third kappa shape index (κ3) is 2.54. The van der Waals surface area contributed by atoms with Crippen molar-refractivity contribution < 1.29 is 0 Å². The Morgan fingerprint density at radius 1 is 1.83 bits per heavy atom. The maximum absolute atomic E-state index is 5.26. The molecule has 0 bridgehead atoms. The second-order valence-corrected chi connectivity index (χ2v) is 2.56. The number of rotatable bonds is 2. The van der Waals surface area contributed by atoms with Gasteiger partial charge in [-0.15, -0.1) is 0 Å². The highest BCUT2D eigenvalue weighted by atomic mass is 32.2. The number of hydrogen-bond acceptors (Lipinski definition) is 2. The van der Waals surface area contributed by atoms with Gasteiger partial charge in [-0.1, -0.05) is 6.92 Å². The van der Waals surface area contributed by atoms with Crippen molar-refractivity contribution in [3.8, 4) is 0 Å². The molecule has 38 valence electrons. The monoisotopic (exact) mass is 105 g/mol. The van der Waals surface area contributed by atoms with Crippen molar-refractivity contribution in [3.05, 3.63) is 0 Å². The van der Waals surface area contributed by atoms with Crippen LogP contribution in [0.5, 0.6) is 0 Å². The lowest BCUT2D eigenvalue weighted by Gasteiger charge is -1.98. The summed E-state index contributed by atoms with van der Waals surface area (Å²) in [5, 5.41) is 0.630. The fourth-order valence-corrected chi connectivity index (χ4v) is 0.289. The molecule has 2 heteroatoms. The van der Waals surface area contributed by atoms with Gasteiger partial charge in [0, 0.05) is 11.8 Å². The maximum Gasteiger partial charge on any atom is 0.0139 e. The highest BCUT2D eigenvalue weighted by molar-refractivity contribution is 7.99. The highest BCUT2D eigenvalue weighted by Gasteiger charge is 1.89. The van der Waals surface area contributed by atoms with Crippen molar-refractivity contribution in [2.75, 3.05) is 12.8 Å². The Hall–Kier alpha value is 0.310. The van der Waals surface area contributed by atoms with Gasteiger partial charge in [0.25, 0.3) is 0 Å². The van der Waals surface area contributed by atoms with Crippen LogP contribution < -0.4 is 5.73 Å². The summed E-state index contributed by atoms with van der Waals surface area (Å²) in [6, 6.07) is 0. The molecule has 0 aliphatic heterocycles. The largest absolute Gasteiger partial charge is 0.329 e. The minimum atomic E-state index is 0.630. The minimum Gasteiger partial charge on any atom is -0.329 e. The molecule has 0 saturated carbocycles. The predicted octanol–water partition coefficient (Wildman–Crippen LogP) is 0.697. The smallest absolute Gasteiger partial charge is 0.0139 e. The molecule has 0 aromatic heterocycles. The predicted molar refractivity (Wildman–Crippen MR) is 32.0 cm³/mol. The molecule has 0 amide bonds. The van der Waals surface area contributed by atoms with Crippen LogP contribution in [0.15, 0.2) is 0 Å². The first-order chi connectivity index (χ1) is 2.81. The Balaban J connectivity index is 2.75. The van der Waals surface area contributed by atoms with Crippen LogP contribution in [-0.4, -0.2) is 18.1 Å². The van der Waals surface area contributed by atoms with Crippen molar-refractivity contribution in [1.82, 2.24) is 0 Å². The molecule has 0 aromatic rings. The van der Waals surface area contributed by atoms with Gasteiger partial charge in [0.1, 0.15) is 0 Å². The Kier molecular flexibility index (Phi) is 3.68. The molecule has 0 heterocycles. The average molecular weight is 105 g/mol. The van der Waals surface area contributed by atoms with E-state index < -0.39 is 0 Å². The van der Waals surface area contributed by atoms with Crippen LogP contribution in [0, 0.1) is 0 Å². The van der Waals surface area contributed by atoms with Gasteiger partial charge in [0.15, 0.2) is 0 Å². The second-order valence-electron chi connectivity index (χ2n) is 1.28. The van der Waals surface area contributed by atoms with Crippen molar-refractivity contribution in [3.63, 3.8) is 0 Å². The van der Waals surface area contributed by atoms with E-state index in [4.69, 9.17) is 5.73 Å². The van der Waals surface area contributed by atoms with E-state index in [0.29, 0.717) is 5.25 Å². The van der Waals surface area contributed by atoms with Gasteiger partial charge in [-0.05, 0) is 6.26 Å². The summed E-state index contributed by atoms with van der Waals surface area (Å²) in [4.78, 5) is 0. The molecule has 1 unspecified atom stereocenters. The Bertz CT molecular complexity index is 26.7. The molecule has 0 rings (SSSR count). The van der Waals surface area contributed by atoms with Crippen molar-refractivity contribution in [2.24, 2.45) is 5.73 Å². The molecule has 0 fully saturated rings. The maximum atomic E-state index is 5.26. The normalized spacial score (nSPS) is 14.5. The van der Waals surface area contributed by atoms with Gasteiger partial charge in [-0.2, -0.15) is 11.8 Å². The van der Waals surface area contributed by atoms with Gasteiger partial charge in [0.05, 0.1) is 0 Å². The van der Waals surface area contributed by atoms with Gasteiger partial charge in [-0.3, -0.25) is 0 Å². The van der Waals surface area contributed by atoms with E-state index in [1.165, 1.54) is 0 Å². The molecule has 0 aliphatic carbocycles. The van der Waals surface area contributed by atoms with Crippen molar-refractivity contribution in [2.45, 2.75) is 12.2 Å². The summed E-state index contributed by atoms with van der Waals surface area (Å²) in [6.07, 6.45) is 2.07. The van der Waals surface area contributed by atoms with E-state index in [1.54, 1.807) is 11.8 Å². The van der Waals surface area contributed by atoms with Gasteiger partial charge in [-0.25, -0.2) is 0 Å². The van der Waals surface area contributed by atoms with E-state index in [0.717, 1.165) is 6.54 Å². The van der Waals surface area contributed by atoms with Crippen LogP contribution in [-0.2, 0) is 0 Å². The average Bonchev–Trinajstić information content (AvgIpc) is 1.65. The summed E-state index contributed by atoms with van der Waals surface area (Å²) >= 11 is 1.80. The summed E-state index contributed by atoms with van der Waals surface area (Å²) in [6.45, 7) is 2.91. The second kappa shape index (κ2) is 3.50. The lowest BCUT2D eigenvalue weighted by Crippen LogP contribution is -2.11. The molecule has 1 atom stereocenters. The molecule has 1 nitrogen and oxygen atoms in total. The zero-order chi connectivity index (χ0) is 4.99. The van der Waals surface area contributed by atoms with E-state index >= 15 is 0 Å². The van der Waals surface area contributed by atoms with E-state index in [2.05, 4.69) is 13.2 Å². The van der Waals surface area contributed by atoms with Crippen molar-refractivity contribution in [1.29, 1.82) is 0 Å². The number of hydrogen-bond donors (Lipinski definition) is 1. The summed E-state index contributed by atoms with van der Waals surface area (Å²) in [7, 11) is 0. The molecule has 0 aromatic carbocycles. The lowest BCUT2D eigenvalue weighted by atomic mass is 10.5. The van der Waals surface area contributed by atoms with Crippen LogP contribution in [0.4, 0.5) is 0 Å². The molecule has 2 N–H and O–H groups in total. The van der Waals surface area contributed by atoms with Gasteiger partial charge < -0.3 is 5.73 Å². The van der Waals surface area contributed by atoms with E-state index in [-0.39, 0.29) is 0 Å². The minimum absolute atomic E-state index is 0.630. The zero-order valence-electron chi connectivity index (χ0n) is 4.27. The highest BCUT2D eigenvalue weighted by Crippen LogP contribution is 2.00. The molecule has 0 aliphatic rings. The van der Waals surface area contributed by atoms with Gasteiger partial charge >= 0.3 is 0 Å². The van der Waals surface area contributed by atoms with E-state index in [9.17, 15) is 0 Å². The number of nitrogens with two attached hydrogens (primary N) is 1. The third-order valence-electron chi connectivity index (χ3n) is 0.734. The Morgan fingerprint density at radius 3 is 2.33 bits per heavy atom. The van der Waals surface area contributed by atoms with Crippen LogP contribution in [0.2, 0.25) is 0 Å². The summed E-state index contributed by atoms with van der Waals surface area (Å²) in [5.74, 6) is 0. The topological polar surface area (TPSA) is 26.0 Å².